The van der Waals surface area contributed by atoms with E-state index in [9.17, 15) is 5.26 Å². The van der Waals surface area contributed by atoms with Gasteiger partial charge in [0.2, 0.25) is 0 Å². The van der Waals surface area contributed by atoms with Gasteiger partial charge in [0.1, 0.15) is 17.5 Å². The molecule has 0 bridgehead atoms. The maximum Gasteiger partial charge on any atom is 0.161 e. The van der Waals surface area contributed by atoms with Crippen LogP contribution in [-0.2, 0) is 0 Å². The van der Waals surface area contributed by atoms with Crippen molar-refractivity contribution < 1.29 is 9.47 Å². The van der Waals surface area contributed by atoms with Crippen LogP contribution in [0.4, 0.5) is 5.82 Å². The molecule has 0 saturated carbocycles. The first kappa shape index (κ1) is 14.7. The van der Waals surface area contributed by atoms with E-state index in [0.29, 0.717) is 23.7 Å². The summed E-state index contributed by atoms with van der Waals surface area (Å²) in [5, 5.41) is 9.29. The van der Waals surface area contributed by atoms with Crippen molar-refractivity contribution in [2.24, 2.45) is 0 Å². The second-order valence-electron chi connectivity index (χ2n) is 4.48. The molecule has 2 rings (SSSR count). The van der Waals surface area contributed by atoms with Gasteiger partial charge in [0.15, 0.2) is 11.5 Å². The fraction of sp³-hybridized carbons (Fsp3) is 0.250. The van der Waals surface area contributed by atoms with E-state index in [0.717, 1.165) is 16.8 Å². The zero-order chi connectivity index (χ0) is 15.4. The minimum Gasteiger partial charge on any atom is -0.493 e. The van der Waals surface area contributed by atoms with Gasteiger partial charge >= 0.3 is 0 Å². The van der Waals surface area contributed by atoms with Crippen LogP contribution in [-0.4, -0.2) is 18.7 Å². The van der Waals surface area contributed by atoms with Gasteiger partial charge in [-0.3, -0.25) is 0 Å². The molecule has 1 aromatic carbocycles. The number of anilines is 1. The van der Waals surface area contributed by atoms with Crippen LogP contribution in [0.15, 0.2) is 24.3 Å². The topological polar surface area (TPSA) is 81.2 Å². The number of aromatic nitrogens is 1. The lowest BCUT2D eigenvalue weighted by Gasteiger charge is -2.12. The van der Waals surface area contributed by atoms with E-state index >= 15 is 0 Å². The van der Waals surface area contributed by atoms with Gasteiger partial charge in [-0.05, 0) is 37.6 Å². The van der Waals surface area contributed by atoms with Crippen LogP contribution in [0.3, 0.4) is 0 Å². The Hall–Kier alpha value is -2.74. The van der Waals surface area contributed by atoms with Crippen molar-refractivity contribution >= 4 is 5.82 Å². The predicted molar refractivity (Wildman–Crippen MR) is 81.3 cm³/mol. The molecule has 21 heavy (non-hydrogen) atoms. The van der Waals surface area contributed by atoms with E-state index in [4.69, 9.17) is 15.2 Å². The van der Waals surface area contributed by atoms with Crippen molar-refractivity contribution in [1.29, 1.82) is 5.26 Å². The molecule has 0 spiro atoms. The molecule has 0 aliphatic carbocycles. The number of benzene rings is 1. The Balaban J connectivity index is 2.60. The molecule has 1 heterocycles. The quantitative estimate of drug-likeness (QED) is 0.933. The van der Waals surface area contributed by atoms with Crippen molar-refractivity contribution in [2.75, 3.05) is 19.5 Å². The molecular weight excluding hydrogens is 266 g/mol. The number of nitrogens with zero attached hydrogens (tertiary/aromatic N) is 2. The highest BCUT2D eigenvalue weighted by Gasteiger charge is 2.13. The molecule has 0 aliphatic heterocycles. The summed E-state index contributed by atoms with van der Waals surface area (Å²) in [6.45, 7) is 4.31. The number of hydrogen-bond acceptors (Lipinski definition) is 5. The zero-order valence-electron chi connectivity index (χ0n) is 12.3. The largest absolute Gasteiger partial charge is 0.493 e. The maximum absolute atomic E-state index is 9.29. The van der Waals surface area contributed by atoms with Crippen molar-refractivity contribution in [3.8, 4) is 28.7 Å². The lowest BCUT2D eigenvalue weighted by atomic mass is 10.00. The first-order valence-electron chi connectivity index (χ1n) is 6.59. The molecule has 2 N–H and O–H groups in total. The Labute approximate surface area is 123 Å². The van der Waals surface area contributed by atoms with Crippen LogP contribution < -0.4 is 15.2 Å². The average molecular weight is 283 g/mol. The van der Waals surface area contributed by atoms with Gasteiger partial charge in [-0.15, -0.1) is 0 Å². The van der Waals surface area contributed by atoms with Crippen molar-refractivity contribution in [1.82, 2.24) is 4.98 Å². The van der Waals surface area contributed by atoms with Gasteiger partial charge < -0.3 is 15.2 Å². The lowest BCUT2D eigenvalue weighted by Crippen LogP contribution is -2.00. The first-order valence-corrected chi connectivity index (χ1v) is 6.59. The molecule has 0 fully saturated rings. The SMILES string of the molecule is CCOc1ccc(-c2cc(C)nc(N)c2C#N)cc1OC. The Morgan fingerprint density at radius 2 is 2.05 bits per heavy atom. The Morgan fingerprint density at radius 3 is 2.67 bits per heavy atom. The predicted octanol–water partition coefficient (Wildman–Crippen LogP) is 2.92. The molecule has 1 aromatic heterocycles. The third-order valence-electron chi connectivity index (χ3n) is 3.06. The molecule has 0 radical (unpaired) electrons. The zero-order valence-corrected chi connectivity index (χ0v) is 12.3. The molecule has 0 amide bonds. The fourth-order valence-electron chi connectivity index (χ4n) is 2.15. The molecule has 0 unspecified atom stereocenters. The second kappa shape index (κ2) is 6.14. The number of hydrogen-bond donors (Lipinski definition) is 1. The number of nitrogens with two attached hydrogens (primary N) is 1. The van der Waals surface area contributed by atoms with E-state index < -0.39 is 0 Å². The molecule has 2 aromatic rings. The number of nitriles is 1. The van der Waals surface area contributed by atoms with Gasteiger partial charge in [-0.1, -0.05) is 6.07 Å². The second-order valence-corrected chi connectivity index (χ2v) is 4.48. The monoisotopic (exact) mass is 283 g/mol. The molecule has 5 nitrogen and oxygen atoms in total. The molecule has 0 saturated heterocycles. The number of ether oxygens (including phenoxy) is 2. The molecule has 0 aliphatic rings. The van der Waals surface area contributed by atoms with E-state index in [-0.39, 0.29) is 5.82 Å². The normalized spacial score (nSPS) is 10.0. The highest BCUT2D eigenvalue weighted by atomic mass is 16.5. The van der Waals surface area contributed by atoms with Crippen LogP contribution in [0.1, 0.15) is 18.2 Å². The Morgan fingerprint density at radius 1 is 1.29 bits per heavy atom. The molecule has 5 heteroatoms. The summed E-state index contributed by atoms with van der Waals surface area (Å²) in [6, 6.07) is 9.48. The van der Waals surface area contributed by atoms with Crippen molar-refractivity contribution in [3.63, 3.8) is 0 Å². The van der Waals surface area contributed by atoms with E-state index in [1.807, 2.05) is 38.1 Å². The Kier molecular flexibility index (Phi) is 4.29. The number of aryl methyl sites for hydroxylation is 1. The van der Waals surface area contributed by atoms with Crippen LogP contribution in [0.5, 0.6) is 11.5 Å². The summed E-state index contributed by atoms with van der Waals surface area (Å²) < 4.78 is 10.8. The standard InChI is InChI=1S/C16H17N3O2/c1-4-21-14-6-5-11(8-15(14)20-3)12-7-10(2)19-16(18)13(12)9-17/h5-8H,4H2,1-3H3,(H2,18,19). The summed E-state index contributed by atoms with van der Waals surface area (Å²) >= 11 is 0. The van der Waals surface area contributed by atoms with Crippen molar-refractivity contribution in [2.45, 2.75) is 13.8 Å². The smallest absolute Gasteiger partial charge is 0.161 e. The third-order valence-corrected chi connectivity index (χ3v) is 3.06. The Bertz CT molecular complexity index is 705. The van der Waals surface area contributed by atoms with E-state index in [2.05, 4.69) is 11.1 Å². The minimum absolute atomic E-state index is 0.236. The number of rotatable bonds is 4. The van der Waals surface area contributed by atoms with Crippen LogP contribution in [0, 0.1) is 18.3 Å². The summed E-state index contributed by atoms with van der Waals surface area (Å²) in [4.78, 5) is 4.12. The number of methoxy groups -OCH3 is 1. The summed E-state index contributed by atoms with van der Waals surface area (Å²) in [5.74, 6) is 1.52. The summed E-state index contributed by atoms with van der Waals surface area (Å²) in [7, 11) is 1.58. The van der Waals surface area contributed by atoms with E-state index in [1.165, 1.54) is 0 Å². The highest BCUT2D eigenvalue weighted by Crippen LogP contribution is 2.35. The van der Waals surface area contributed by atoms with Crippen molar-refractivity contribution in [3.05, 3.63) is 35.5 Å². The van der Waals surface area contributed by atoms with Crippen LogP contribution in [0.2, 0.25) is 0 Å². The average Bonchev–Trinajstić information content (AvgIpc) is 2.47. The summed E-state index contributed by atoms with van der Waals surface area (Å²) in [6.07, 6.45) is 0. The van der Waals surface area contributed by atoms with Gasteiger partial charge in [-0.2, -0.15) is 5.26 Å². The molecular formula is C16H17N3O2. The maximum atomic E-state index is 9.29. The summed E-state index contributed by atoms with van der Waals surface area (Å²) in [5.41, 5.74) is 8.53. The molecule has 108 valence electrons. The van der Waals surface area contributed by atoms with Crippen LogP contribution in [0.25, 0.3) is 11.1 Å². The third kappa shape index (κ3) is 2.90. The van der Waals surface area contributed by atoms with Gasteiger partial charge in [0, 0.05) is 11.3 Å². The highest BCUT2D eigenvalue weighted by molar-refractivity contribution is 5.77. The van der Waals surface area contributed by atoms with Crippen LogP contribution >= 0.6 is 0 Å². The van der Waals surface area contributed by atoms with Gasteiger partial charge in [-0.25, -0.2) is 4.98 Å². The first-order chi connectivity index (χ1) is 10.1. The minimum atomic E-state index is 0.236. The van der Waals surface area contributed by atoms with Gasteiger partial charge in [0.05, 0.1) is 13.7 Å². The number of pyridine rings is 1. The fourth-order valence-corrected chi connectivity index (χ4v) is 2.15. The molecule has 0 atom stereocenters. The van der Waals surface area contributed by atoms with E-state index in [1.54, 1.807) is 7.11 Å². The number of nitrogen functional groups attached to an aromatic ring is 1. The lowest BCUT2D eigenvalue weighted by molar-refractivity contribution is 0.311. The van der Waals surface area contributed by atoms with Gasteiger partial charge in [0.25, 0.3) is 0 Å².